The fraction of sp³-hybridized carbons (Fsp3) is 0.571. The maximum atomic E-state index is 12.8. The summed E-state index contributed by atoms with van der Waals surface area (Å²) in [5.74, 6) is 0.295. The third kappa shape index (κ3) is 4.89. The van der Waals surface area contributed by atoms with Crippen molar-refractivity contribution in [1.29, 1.82) is 0 Å². The van der Waals surface area contributed by atoms with E-state index in [0.29, 0.717) is 37.2 Å². The average Bonchev–Trinajstić information content (AvgIpc) is 3.57. The number of rotatable bonds is 6. The van der Waals surface area contributed by atoms with Crippen LogP contribution in [-0.2, 0) is 0 Å². The molecule has 2 saturated carbocycles. The lowest BCUT2D eigenvalue weighted by Crippen LogP contribution is -2.51. The van der Waals surface area contributed by atoms with Gasteiger partial charge in [-0.2, -0.15) is 13.2 Å². The van der Waals surface area contributed by atoms with Crippen molar-refractivity contribution < 1.29 is 23.1 Å². The lowest BCUT2D eigenvalue weighted by atomic mass is 9.90. The number of fused-ring (bicyclic) bond motifs is 1. The molecule has 2 aromatic rings. The van der Waals surface area contributed by atoms with Crippen molar-refractivity contribution >= 4 is 16.8 Å². The van der Waals surface area contributed by atoms with Gasteiger partial charge in [0.05, 0.1) is 17.7 Å². The first-order chi connectivity index (χ1) is 14.3. The van der Waals surface area contributed by atoms with Gasteiger partial charge in [0.25, 0.3) is 5.91 Å². The summed E-state index contributed by atoms with van der Waals surface area (Å²) in [6.45, 7) is -0.980. The Morgan fingerprint density at radius 1 is 1.07 bits per heavy atom. The molecule has 30 heavy (non-hydrogen) atoms. The summed E-state index contributed by atoms with van der Waals surface area (Å²) in [6.07, 6.45) is 3.30. The highest BCUT2D eigenvalue weighted by atomic mass is 19.4. The predicted octanol–water partition coefficient (Wildman–Crippen LogP) is 3.06. The van der Waals surface area contributed by atoms with E-state index in [9.17, 15) is 18.0 Å². The van der Waals surface area contributed by atoms with Gasteiger partial charge >= 0.3 is 6.18 Å². The number of aliphatic hydroxyl groups excluding tert-OH is 1. The molecule has 6 nitrogen and oxygen atoms in total. The smallest absolute Gasteiger partial charge is 0.394 e. The van der Waals surface area contributed by atoms with Crippen molar-refractivity contribution in [3.05, 3.63) is 35.8 Å². The Hall–Kier alpha value is -2.26. The molecule has 0 unspecified atom stereocenters. The lowest BCUT2D eigenvalue weighted by molar-refractivity contribution is -0.166. The number of hydrogen-bond donors (Lipinski definition) is 3. The van der Waals surface area contributed by atoms with Crippen LogP contribution in [0.3, 0.4) is 0 Å². The minimum absolute atomic E-state index is 0.0972. The van der Waals surface area contributed by atoms with Crippen LogP contribution in [0, 0.1) is 0 Å². The van der Waals surface area contributed by atoms with Gasteiger partial charge in [0.1, 0.15) is 6.04 Å². The molecule has 2 fully saturated rings. The molecule has 0 aromatic carbocycles. The number of pyridine rings is 2. The number of amides is 1. The Morgan fingerprint density at radius 2 is 1.77 bits per heavy atom. The van der Waals surface area contributed by atoms with Gasteiger partial charge in [-0.25, -0.2) is 0 Å². The van der Waals surface area contributed by atoms with E-state index in [1.165, 1.54) is 0 Å². The van der Waals surface area contributed by atoms with Crippen LogP contribution in [-0.4, -0.2) is 51.9 Å². The number of carbonyl (C=O) groups excluding carboxylic acids is 1. The van der Waals surface area contributed by atoms with Crippen LogP contribution in [0.15, 0.2) is 24.5 Å². The van der Waals surface area contributed by atoms with Crippen molar-refractivity contribution in [2.45, 2.75) is 68.7 Å². The number of halogens is 3. The van der Waals surface area contributed by atoms with Crippen molar-refractivity contribution in [3.8, 4) is 0 Å². The Balaban J connectivity index is 1.32. The zero-order chi connectivity index (χ0) is 21.3. The third-order valence-corrected chi connectivity index (χ3v) is 5.92. The second-order valence-corrected chi connectivity index (χ2v) is 8.27. The normalized spacial score (nSPS) is 23.3. The van der Waals surface area contributed by atoms with Gasteiger partial charge in [-0.15, -0.1) is 0 Å². The van der Waals surface area contributed by atoms with E-state index in [-0.39, 0.29) is 18.0 Å². The Bertz CT molecular complexity index is 909. The molecule has 1 atom stereocenters. The van der Waals surface area contributed by atoms with Gasteiger partial charge in [0.15, 0.2) is 0 Å². The summed E-state index contributed by atoms with van der Waals surface area (Å²) >= 11 is 0. The van der Waals surface area contributed by atoms with Gasteiger partial charge in [0, 0.05) is 41.5 Å². The molecule has 3 N–H and O–H groups in total. The highest BCUT2D eigenvalue weighted by molar-refractivity contribution is 5.97. The predicted molar refractivity (Wildman–Crippen MR) is 105 cm³/mol. The lowest BCUT2D eigenvalue weighted by Gasteiger charge is -2.32. The van der Waals surface area contributed by atoms with Crippen LogP contribution in [0.2, 0.25) is 0 Å². The molecular weight excluding hydrogens is 397 g/mol. The summed E-state index contributed by atoms with van der Waals surface area (Å²) in [5, 5.41) is 15.2. The molecule has 1 amide bonds. The minimum atomic E-state index is -4.48. The fourth-order valence-corrected chi connectivity index (χ4v) is 3.97. The number of aliphatic hydroxyl groups is 1. The first kappa shape index (κ1) is 21.0. The van der Waals surface area contributed by atoms with Gasteiger partial charge in [0.2, 0.25) is 0 Å². The molecule has 4 rings (SSSR count). The first-order valence-electron chi connectivity index (χ1n) is 10.3. The van der Waals surface area contributed by atoms with Crippen LogP contribution in [0.25, 0.3) is 10.9 Å². The number of hydrogen-bond acceptors (Lipinski definition) is 5. The molecule has 0 aliphatic heterocycles. The van der Waals surface area contributed by atoms with Crippen LogP contribution in [0.5, 0.6) is 0 Å². The quantitative estimate of drug-likeness (QED) is 0.666. The highest BCUT2D eigenvalue weighted by Crippen LogP contribution is 2.39. The largest absolute Gasteiger partial charge is 0.406 e. The van der Waals surface area contributed by atoms with E-state index in [4.69, 9.17) is 5.11 Å². The molecule has 0 spiro atoms. The number of nitrogens with one attached hydrogen (secondary N) is 2. The second-order valence-electron chi connectivity index (χ2n) is 8.27. The summed E-state index contributed by atoms with van der Waals surface area (Å²) in [5.41, 5.74) is 2.31. The van der Waals surface area contributed by atoms with E-state index < -0.39 is 18.8 Å². The molecule has 2 aromatic heterocycles. The topological polar surface area (TPSA) is 87.1 Å². The van der Waals surface area contributed by atoms with Crippen LogP contribution < -0.4 is 10.6 Å². The summed E-state index contributed by atoms with van der Waals surface area (Å²) in [4.78, 5) is 21.5. The maximum absolute atomic E-state index is 12.8. The monoisotopic (exact) mass is 422 g/mol. The fourth-order valence-electron chi connectivity index (χ4n) is 3.97. The van der Waals surface area contributed by atoms with E-state index in [2.05, 4.69) is 20.6 Å². The molecule has 2 aliphatic carbocycles. The van der Waals surface area contributed by atoms with Gasteiger partial charge in [-0.3, -0.25) is 14.8 Å². The highest BCUT2D eigenvalue weighted by Gasteiger charge is 2.40. The zero-order valence-electron chi connectivity index (χ0n) is 16.5. The SMILES string of the molecule is O=C(NC1CCC(N[C@H](CO)C(F)(F)F)CC1)c1cnc2cc(C3CC3)ncc2c1. The molecule has 2 aliphatic rings. The molecule has 0 radical (unpaired) electrons. The molecule has 162 valence electrons. The first-order valence-corrected chi connectivity index (χ1v) is 10.3. The maximum Gasteiger partial charge on any atom is 0.406 e. The van der Waals surface area contributed by atoms with Gasteiger partial charge in [-0.1, -0.05) is 0 Å². The second kappa shape index (κ2) is 8.47. The number of carbonyl (C=O) groups is 1. The number of nitrogens with zero attached hydrogens (tertiary/aromatic N) is 2. The molecular formula is C21H25F3N4O2. The molecule has 0 saturated heterocycles. The van der Waals surface area contributed by atoms with E-state index in [0.717, 1.165) is 29.4 Å². The summed E-state index contributed by atoms with van der Waals surface area (Å²) in [7, 11) is 0. The minimum Gasteiger partial charge on any atom is -0.394 e. The Labute approximate surface area is 172 Å². The standard InChI is InChI=1S/C21H25F3N4O2/c22-21(23,24)19(11-29)27-15-3-5-16(6-4-15)28-20(30)14-7-13-9-25-17(12-1-2-12)8-18(13)26-10-14/h7-10,12,15-16,19,27,29H,1-6,11H2,(H,28,30)/t15?,16?,19-/m1/s1. The van der Waals surface area contributed by atoms with Crippen molar-refractivity contribution in [2.24, 2.45) is 0 Å². The summed E-state index contributed by atoms with van der Waals surface area (Å²) in [6, 6.07) is 1.41. The molecule has 9 heteroatoms. The van der Waals surface area contributed by atoms with Gasteiger partial charge in [-0.05, 0) is 50.7 Å². The Kier molecular flexibility index (Phi) is 5.92. The van der Waals surface area contributed by atoms with E-state index >= 15 is 0 Å². The van der Waals surface area contributed by atoms with Crippen molar-refractivity contribution in [1.82, 2.24) is 20.6 Å². The summed E-state index contributed by atoms with van der Waals surface area (Å²) < 4.78 is 38.4. The third-order valence-electron chi connectivity index (χ3n) is 5.92. The van der Waals surface area contributed by atoms with Gasteiger partial charge < -0.3 is 15.7 Å². The number of aromatic nitrogens is 2. The number of alkyl halides is 3. The van der Waals surface area contributed by atoms with E-state index in [1.54, 1.807) is 18.5 Å². The van der Waals surface area contributed by atoms with Crippen LogP contribution in [0.4, 0.5) is 13.2 Å². The van der Waals surface area contributed by atoms with Crippen LogP contribution in [0.1, 0.15) is 60.5 Å². The Morgan fingerprint density at radius 3 is 2.40 bits per heavy atom. The molecule has 2 heterocycles. The average molecular weight is 422 g/mol. The van der Waals surface area contributed by atoms with Crippen molar-refractivity contribution in [3.63, 3.8) is 0 Å². The molecule has 0 bridgehead atoms. The van der Waals surface area contributed by atoms with Crippen molar-refractivity contribution in [2.75, 3.05) is 6.61 Å². The van der Waals surface area contributed by atoms with Crippen LogP contribution >= 0.6 is 0 Å². The van der Waals surface area contributed by atoms with E-state index in [1.807, 2.05) is 6.07 Å². The zero-order valence-corrected chi connectivity index (χ0v) is 16.5.